The van der Waals surface area contributed by atoms with Crippen molar-refractivity contribution in [1.29, 1.82) is 0 Å². The van der Waals surface area contributed by atoms with Gasteiger partial charge in [-0.2, -0.15) is 22.0 Å². The summed E-state index contributed by atoms with van der Waals surface area (Å²) >= 11 is 0. The number of benzene rings is 1. The summed E-state index contributed by atoms with van der Waals surface area (Å²) in [4.78, 5) is 19.7. The Kier molecular flexibility index (Phi) is 4.35. The molecule has 0 aliphatic rings. The molecule has 1 aromatic rings. The molecule has 0 atom stereocenters. The summed E-state index contributed by atoms with van der Waals surface area (Å²) in [5.41, 5.74) is -2.53. The van der Waals surface area contributed by atoms with Crippen LogP contribution in [0.3, 0.4) is 0 Å². The van der Waals surface area contributed by atoms with Gasteiger partial charge < -0.3 is 9.84 Å². The van der Waals surface area contributed by atoms with Gasteiger partial charge in [-0.25, -0.2) is 4.79 Å². The Hall–Kier alpha value is -2.46. The number of nitrogens with zero attached hydrogens (tertiary/aromatic N) is 1. The molecule has 0 amide bonds. The number of alkyl halides is 5. The van der Waals surface area contributed by atoms with E-state index < -0.39 is 46.6 Å². The monoisotopic (exact) mass is 315 g/mol. The van der Waals surface area contributed by atoms with Gasteiger partial charge in [0.15, 0.2) is 6.61 Å². The first-order chi connectivity index (χ1) is 9.46. The van der Waals surface area contributed by atoms with Crippen LogP contribution in [-0.2, 0) is 10.7 Å². The second-order valence-corrected chi connectivity index (χ2v) is 3.69. The summed E-state index contributed by atoms with van der Waals surface area (Å²) in [6.45, 7) is -1.23. The molecule has 0 fully saturated rings. The Morgan fingerprint density at radius 3 is 2.29 bits per heavy atom. The zero-order valence-electron chi connectivity index (χ0n) is 9.86. The number of rotatable bonds is 5. The van der Waals surface area contributed by atoms with Gasteiger partial charge in [0, 0.05) is 6.07 Å². The van der Waals surface area contributed by atoms with Crippen LogP contribution in [0.25, 0.3) is 0 Å². The van der Waals surface area contributed by atoms with E-state index in [1.54, 1.807) is 0 Å². The molecule has 116 valence electrons. The van der Waals surface area contributed by atoms with E-state index in [1.807, 2.05) is 0 Å². The zero-order chi connectivity index (χ0) is 16.4. The minimum absolute atomic E-state index is 0.169. The molecule has 0 radical (unpaired) electrons. The second kappa shape index (κ2) is 5.50. The third-order valence-corrected chi connectivity index (χ3v) is 2.22. The van der Waals surface area contributed by atoms with Crippen LogP contribution in [-0.4, -0.2) is 28.8 Å². The summed E-state index contributed by atoms with van der Waals surface area (Å²) in [5, 5.41) is 18.8. The van der Waals surface area contributed by atoms with Gasteiger partial charge in [0.2, 0.25) is 0 Å². The predicted octanol–water partition coefficient (Wildman–Crippen LogP) is 2.71. The first kappa shape index (κ1) is 16.6. The highest BCUT2D eigenvalue weighted by Crippen LogP contribution is 2.47. The van der Waals surface area contributed by atoms with Gasteiger partial charge in [-0.15, -0.1) is 0 Å². The molecule has 21 heavy (non-hydrogen) atoms. The number of aliphatic carboxylic acids is 1. The largest absolute Gasteiger partial charge is 0.481 e. The van der Waals surface area contributed by atoms with Crippen molar-refractivity contribution >= 4 is 11.7 Å². The topological polar surface area (TPSA) is 89.7 Å². The second-order valence-electron chi connectivity index (χ2n) is 3.69. The average Bonchev–Trinajstić information content (AvgIpc) is 2.34. The number of carboxylic acids is 1. The lowest BCUT2D eigenvalue weighted by Crippen LogP contribution is -2.34. The molecule has 6 nitrogen and oxygen atoms in total. The molecule has 1 rings (SSSR count). The molecule has 0 unspecified atom stereocenters. The van der Waals surface area contributed by atoms with Crippen molar-refractivity contribution in [2.24, 2.45) is 0 Å². The number of halogens is 5. The van der Waals surface area contributed by atoms with Crippen LogP contribution in [0.15, 0.2) is 18.2 Å². The van der Waals surface area contributed by atoms with Crippen LogP contribution in [0, 0.1) is 10.1 Å². The number of ether oxygens (including phenoxy) is 1. The molecule has 0 aliphatic carbocycles. The quantitative estimate of drug-likeness (QED) is 0.512. The van der Waals surface area contributed by atoms with Crippen LogP contribution < -0.4 is 4.74 Å². The van der Waals surface area contributed by atoms with Gasteiger partial charge in [-0.05, 0) is 6.07 Å². The average molecular weight is 315 g/mol. The van der Waals surface area contributed by atoms with Crippen molar-refractivity contribution in [1.82, 2.24) is 0 Å². The van der Waals surface area contributed by atoms with Gasteiger partial charge in [0.05, 0.1) is 16.6 Å². The lowest BCUT2D eigenvalue weighted by Gasteiger charge is -2.22. The van der Waals surface area contributed by atoms with E-state index in [0.717, 1.165) is 0 Å². The molecule has 11 heteroatoms. The van der Waals surface area contributed by atoms with Gasteiger partial charge in [-0.3, -0.25) is 10.1 Å². The van der Waals surface area contributed by atoms with Crippen molar-refractivity contribution in [3.8, 4) is 5.75 Å². The Morgan fingerprint density at radius 2 is 1.86 bits per heavy atom. The highest BCUT2D eigenvalue weighted by molar-refractivity contribution is 5.68. The van der Waals surface area contributed by atoms with E-state index in [-0.39, 0.29) is 6.07 Å². The van der Waals surface area contributed by atoms with E-state index in [2.05, 4.69) is 4.74 Å². The molecule has 0 aromatic heterocycles. The van der Waals surface area contributed by atoms with Crippen molar-refractivity contribution < 1.29 is 41.5 Å². The Morgan fingerprint density at radius 1 is 1.29 bits per heavy atom. The molecular weight excluding hydrogens is 309 g/mol. The highest BCUT2D eigenvalue weighted by Gasteiger charge is 2.60. The number of carbonyl (C=O) groups is 1. The minimum Gasteiger partial charge on any atom is -0.481 e. The number of hydrogen-bond donors (Lipinski definition) is 1. The maximum Gasteiger partial charge on any atom is 0.458 e. The third kappa shape index (κ3) is 3.55. The number of nitro groups is 1. The lowest BCUT2D eigenvalue weighted by atomic mass is 10.1. The smallest absolute Gasteiger partial charge is 0.458 e. The van der Waals surface area contributed by atoms with Gasteiger partial charge in [0.25, 0.3) is 5.69 Å². The molecule has 0 saturated heterocycles. The molecule has 0 aliphatic heterocycles. The van der Waals surface area contributed by atoms with E-state index in [9.17, 15) is 36.9 Å². The van der Waals surface area contributed by atoms with Crippen molar-refractivity contribution in [3.63, 3.8) is 0 Å². The third-order valence-electron chi connectivity index (χ3n) is 2.22. The molecule has 1 N–H and O–H groups in total. The van der Waals surface area contributed by atoms with Gasteiger partial charge >= 0.3 is 18.1 Å². The Balaban J connectivity index is 3.36. The summed E-state index contributed by atoms with van der Waals surface area (Å²) in [7, 11) is 0. The lowest BCUT2D eigenvalue weighted by molar-refractivity contribution is -0.385. The van der Waals surface area contributed by atoms with Gasteiger partial charge in [0.1, 0.15) is 5.75 Å². The minimum atomic E-state index is -5.97. The number of non-ortho nitro benzene ring substituents is 1. The van der Waals surface area contributed by atoms with E-state index in [4.69, 9.17) is 5.11 Å². The van der Waals surface area contributed by atoms with Crippen molar-refractivity contribution in [2.45, 2.75) is 12.1 Å². The van der Waals surface area contributed by atoms with Crippen LogP contribution >= 0.6 is 0 Å². The summed E-state index contributed by atoms with van der Waals surface area (Å²) in [5.74, 6) is -8.23. The normalized spacial score (nSPS) is 12.0. The van der Waals surface area contributed by atoms with Crippen molar-refractivity contribution in [3.05, 3.63) is 33.9 Å². The van der Waals surface area contributed by atoms with Crippen molar-refractivity contribution in [2.75, 3.05) is 6.61 Å². The first-order valence-corrected chi connectivity index (χ1v) is 5.05. The highest BCUT2D eigenvalue weighted by atomic mass is 19.4. The summed E-state index contributed by atoms with van der Waals surface area (Å²) in [6.07, 6.45) is -5.97. The number of hydrogen-bond acceptors (Lipinski definition) is 4. The standard InChI is InChI=1S/C10H6F5NO5/c11-9(12,10(13,14)15)6-2-1-5(16(19)20)3-7(6)21-4-8(17)18/h1-3H,4H2,(H,17,18). The number of nitro benzene ring substituents is 1. The molecule has 0 spiro atoms. The summed E-state index contributed by atoms with van der Waals surface area (Å²) < 4.78 is 67.7. The Labute approximate surface area is 112 Å². The molecule has 1 aromatic carbocycles. The van der Waals surface area contributed by atoms with E-state index >= 15 is 0 Å². The summed E-state index contributed by atoms with van der Waals surface area (Å²) in [6, 6.07) is 0.906. The van der Waals surface area contributed by atoms with E-state index in [1.165, 1.54) is 0 Å². The van der Waals surface area contributed by atoms with Crippen LogP contribution in [0.1, 0.15) is 5.56 Å². The maximum absolute atomic E-state index is 13.3. The van der Waals surface area contributed by atoms with Gasteiger partial charge in [-0.1, -0.05) is 0 Å². The van der Waals surface area contributed by atoms with Crippen LogP contribution in [0.4, 0.5) is 27.6 Å². The predicted molar refractivity (Wildman–Crippen MR) is 56.2 cm³/mol. The maximum atomic E-state index is 13.3. The molecule has 0 bridgehead atoms. The van der Waals surface area contributed by atoms with E-state index in [0.29, 0.717) is 12.1 Å². The number of carboxylic acid groups (broad SMARTS) is 1. The fraction of sp³-hybridized carbons (Fsp3) is 0.300. The van der Waals surface area contributed by atoms with Crippen LogP contribution in [0.5, 0.6) is 5.75 Å². The first-order valence-electron chi connectivity index (χ1n) is 5.05. The fourth-order valence-corrected chi connectivity index (χ4v) is 1.30. The SMILES string of the molecule is O=C(O)COc1cc([N+](=O)[O-])ccc1C(F)(F)C(F)(F)F. The molecule has 0 heterocycles. The fourth-order valence-electron chi connectivity index (χ4n) is 1.30. The van der Waals surface area contributed by atoms with Crippen LogP contribution in [0.2, 0.25) is 0 Å². The molecule has 0 saturated carbocycles. The Bertz CT molecular complexity index is 571. The molecular formula is C10H6F5NO5. The zero-order valence-corrected chi connectivity index (χ0v) is 9.86.